The third-order valence-electron chi connectivity index (χ3n) is 11.2. The molecule has 0 aliphatic carbocycles. The molecule has 1 amide bonds. The number of hydrogen-bond donors (Lipinski definition) is 5. The molecule has 13 nitrogen and oxygen atoms in total. The highest BCUT2D eigenvalue weighted by atomic mass is 35.5. The quantitative estimate of drug-likeness (QED) is 0.0442. The van der Waals surface area contributed by atoms with Gasteiger partial charge in [-0.3, -0.25) is 4.79 Å². The summed E-state index contributed by atoms with van der Waals surface area (Å²) < 4.78 is 53.2. The molecule has 4 heterocycles. The van der Waals surface area contributed by atoms with Gasteiger partial charge in [-0.1, -0.05) is 79.6 Å². The van der Waals surface area contributed by atoms with Gasteiger partial charge >= 0.3 is 5.97 Å². The lowest BCUT2D eigenvalue weighted by Gasteiger charge is -2.16. The second-order valence-corrected chi connectivity index (χ2v) is 32.4. The number of nitrogens with zero attached hydrogens (tertiary/aromatic N) is 6. The summed E-state index contributed by atoms with van der Waals surface area (Å²) in [6.07, 6.45) is 4.70. The van der Waals surface area contributed by atoms with Crippen molar-refractivity contribution in [2.75, 3.05) is 62.0 Å². The minimum absolute atomic E-state index is 0. The Morgan fingerprint density at radius 1 is 0.700 bits per heavy atom. The molecule has 2 saturated heterocycles. The van der Waals surface area contributed by atoms with E-state index in [2.05, 4.69) is 126 Å². The highest BCUT2D eigenvalue weighted by molar-refractivity contribution is 8.73. The summed E-state index contributed by atoms with van der Waals surface area (Å²) in [6.45, 7) is 13.5. The van der Waals surface area contributed by atoms with Crippen LogP contribution < -0.4 is 21.7 Å². The monoisotopic (exact) mass is 1320 g/mol. The lowest BCUT2D eigenvalue weighted by atomic mass is 9.90. The van der Waals surface area contributed by atoms with Crippen LogP contribution in [-0.2, 0) is 103 Å². The van der Waals surface area contributed by atoms with Crippen LogP contribution >= 0.6 is 23.2 Å². The van der Waals surface area contributed by atoms with Crippen LogP contribution in [-0.4, -0.2) is 87.0 Å². The lowest BCUT2D eigenvalue weighted by molar-refractivity contribution is -0.134. The second kappa shape index (κ2) is 32.5. The minimum Gasteiger partial charge on any atom is -0.476 e. The van der Waals surface area contributed by atoms with Gasteiger partial charge in [-0.05, 0) is 102 Å². The summed E-state index contributed by atoms with van der Waals surface area (Å²) in [5.41, 5.74) is 9.55. The van der Waals surface area contributed by atoms with Crippen LogP contribution in [0.4, 0.5) is 51.9 Å². The summed E-state index contributed by atoms with van der Waals surface area (Å²) >= 11 is 21.1. The van der Waals surface area contributed by atoms with Crippen LogP contribution in [0.25, 0.3) is 21.8 Å². The molecule has 6 N–H and O–H groups in total. The number of anilines is 6. The van der Waals surface area contributed by atoms with Gasteiger partial charge in [0.1, 0.15) is 24.3 Å². The number of aliphatic carboxylic acids is 1. The van der Waals surface area contributed by atoms with Crippen molar-refractivity contribution in [3.63, 3.8) is 0 Å². The predicted molar refractivity (Wildman–Crippen MR) is 344 cm³/mol. The molecule has 0 bridgehead atoms. The Labute approximate surface area is 503 Å². The summed E-state index contributed by atoms with van der Waals surface area (Å²) in [5.74, 6) is 7.58. The molecule has 8 rings (SSSR count). The van der Waals surface area contributed by atoms with Crippen molar-refractivity contribution in [1.29, 1.82) is 0 Å². The zero-order valence-electron chi connectivity index (χ0n) is 42.0. The number of benzene rings is 4. The second-order valence-electron chi connectivity index (χ2n) is 17.5. The van der Waals surface area contributed by atoms with Crippen LogP contribution in [0.3, 0.4) is 0 Å². The van der Waals surface area contributed by atoms with Crippen LogP contribution in [0, 0.1) is 46.1 Å². The molecule has 2 fully saturated rings. The first kappa shape index (κ1) is 67.4. The fourth-order valence-electron chi connectivity index (χ4n) is 7.47. The number of halogens is 6. The van der Waals surface area contributed by atoms with E-state index in [1.165, 1.54) is 48.6 Å². The number of nitrogens with two attached hydrogens (primary N) is 1. The van der Waals surface area contributed by atoms with Crippen molar-refractivity contribution >= 4 is 185 Å². The SMILES string of the molecule is C.C=C(F)C(=O)Nc1cc2c(Nc3cccc(Cl)c3F)ncnc2cc1C#CC1(C)CCN(C)C1.C=C(F)C(=O)O.CN1CCC(C)(C#Cc2cc3ncnc(Nc4cccc(Cl)c4F)c3cc2N)C1.S=S=S=S=S=S=S=S=S=S. The molecule has 2 aromatic heterocycles. The third-order valence-corrected chi connectivity index (χ3v) is 27.4. The highest BCUT2D eigenvalue weighted by Gasteiger charge is 2.31. The molecule has 2 atom stereocenters. The van der Waals surface area contributed by atoms with Gasteiger partial charge in [0, 0.05) is 139 Å². The van der Waals surface area contributed by atoms with Gasteiger partial charge in [-0.2, -0.15) is 4.39 Å². The molecule has 0 radical (unpaired) electrons. The largest absolute Gasteiger partial charge is 0.476 e. The number of carboxylic acid groups (broad SMARTS) is 1. The fraction of sp³-hybridized carbons (Fsp3) is 0.255. The molecule has 2 unspecified atom stereocenters. The number of carbonyl (C=O) groups excluding carboxylic acids is 1. The van der Waals surface area contributed by atoms with E-state index in [1.807, 2.05) is 13.1 Å². The average molecular weight is 1320 g/mol. The number of carbonyl (C=O) groups is 2. The molecular weight excluding hydrogens is 1270 g/mol. The number of carboxylic acids is 1. The molecular formula is C51H50Cl2F4N10O3S10. The normalized spacial score (nSPS) is 15.9. The number of fused-ring (bicyclic) bond motifs is 2. The van der Waals surface area contributed by atoms with E-state index in [9.17, 15) is 27.2 Å². The molecule has 2 aliphatic rings. The maximum atomic E-state index is 14.4. The topological polar surface area (TPSA) is 175 Å². The first-order valence-corrected chi connectivity index (χ1v) is 35.3. The van der Waals surface area contributed by atoms with Gasteiger partial charge in [0.2, 0.25) is 5.83 Å². The molecule has 0 spiro atoms. The van der Waals surface area contributed by atoms with E-state index in [1.54, 1.807) is 89.7 Å². The van der Waals surface area contributed by atoms with Gasteiger partial charge in [0.05, 0.1) is 43.7 Å². The molecule has 6 aromatic rings. The number of aromatic nitrogens is 4. The van der Waals surface area contributed by atoms with Crippen LogP contribution in [0.1, 0.15) is 45.2 Å². The van der Waals surface area contributed by atoms with E-state index >= 15 is 0 Å². The first-order chi connectivity index (χ1) is 37.5. The zero-order valence-corrected chi connectivity index (χ0v) is 51.6. The number of rotatable bonds is 7. The minimum atomic E-state index is -1.60. The Hall–Kier alpha value is -5.08. The third kappa shape index (κ3) is 20.4. The van der Waals surface area contributed by atoms with Gasteiger partial charge in [-0.15, -0.1) is 0 Å². The molecule has 424 valence electrons. The van der Waals surface area contributed by atoms with Crippen LogP contribution in [0.2, 0.25) is 10.0 Å². The molecule has 2 aliphatic heterocycles. The van der Waals surface area contributed by atoms with Crippen LogP contribution in [0.5, 0.6) is 0 Å². The van der Waals surface area contributed by atoms with E-state index in [-0.39, 0.29) is 51.2 Å². The maximum absolute atomic E-state index is 14.4. The van der Waals surface area contributed by atoms with Crippen molar-refractivity contribution in [2.24, 2.45) is 10.8 Å². The van der Waals surface area contributed by atoms with Gasteiger partial charge in [0.25, 0.3) is 5.91 Å². The molecule has 29 heteroatoms. The number of nitrogen functional groups attached to an aromatic ring is 1. The smallest absolute Gasteiger partial charge is 0.364 e. The van der Waals surface area contributed by atoms with Crippen molar-refractivity contribution < 1.29 is 32.3 Å². The van der Waals surface area contributed by atoms with Gasteiger partial charge < -0.3 is 36.6 Å². The lowest BCUT2D eigenvalue weighted by Crippen LogP contribution is -2.20. The average Bonchev–Trinajstić information content (AvgIpc) is 3.95. The zero-order chi connectivity index (χ0) is 57.9. The van der Waals surface area contributed by atoms with Gasteiger partial charge in [-0.25, -0.2) is 37.9 Å². The Kier molecular flexibility index (Phi) is 27.4. The van der Waals surface area contributed by atoms with E-state index < -0.39 is 35.2 Å². The number of hydrogen-bond acceptors (Lipinski definition) is 13. The van der Waals surface area contributed by atoms with Crippen molar-refractivity contribution in [1.82, 2.24) is 29.7 Å². The fourth-order valence-corrected chi connectivity index (χ4v) is 24.3. The van der Waals surface area contributed by atoms with E-state index in [4.69, 9.17) is 34.0 Å². The first-order valence-electron chi connectivity index (χ1n) is 22.6. The Balaban J connectivity index is 0.000000270. The Morgan fingerprint density at radius 2 is 1.12 bits per heavy atom. The number of amides is 1. The van der Waals surface area contributed by atoms with E-state index in [0.717, 1.165) is 44.6 Å². The maximum Gasteiger partial charge on any atom is 0.364 e. The summed E-state index contributed by atoms with van der Waals surface area (Å²) in [4.78, 5) is 42.9. The standard InChI is InChI=1S/C25H22ClF2N5O.C22H21ClFN5.C3H3FO2.CH4.S10/c1-15(27)24(34)32-20-12-17-21(11-16(20)7-8-25(2)9-10-33(3)13-25)29-14-30-23(17)31-19-6-4-5-18(26)22(19)28;1-22(8-9-29(2)12-22)7-6-14-10-19-15(11-17(14)25)21(27-13-26-19)28-18-5-3-4-16(23)20(18)24;1-2(4)3(5)6;;1-3-5-7-9-10-8-6-4-2/h4-6,11-12,14H,1,9-10,13H2,2-3H3,(H,32,34)(H,29,30,31);3-5,10-11,13H,8-9,12,25H2,1-2H3,(H,26,27,28);1H2,(H,5,6);1H4;. The predicted octanol–water partition coefficient (Wildman–Crippen LogP) is 10.9. The van der Waals surface area contributed by atoms with Crippen molar-refractivity contribution in [3.05, 3.63) is 131 Å². The summed E-state index contributed by atoms with van der Waals surface area (Å²) in [5, 5.41) is 17.1. The van der Waals surface area contributed by atoms with Crippen molar-refractivity contribution in [3.8, 4) is 23.7 Å². The number of nitrogens with one attached hydrogen (secondary N) is 3. The Bertz CT molecular complexity index is 3830. The Morgan fingerprint density at radius 3 is 1.54 bits per heavy atom. The van der Waals surface area contributed by atoms with Crippen LogP contribution in [0.15, 0.2) is 98.1 Å². The number of likely N-dealkylation sites (tertiary alicyclic amines) is 2. The summed E-state index contributed by atoms with van der Waals surface area (Å²) in [7, 11) is 16.8. The molecule has 0 saturated carbocycles. The van der Waals surface area contributed by atoms with E-state index in [0.29, 0.717) is 38.9 Å². The van der Waals surface area contributed by atoms with Crippen molar-refractivity contribution in [2.45, 2.75) is 34.1 Å². The highest BCUT2D eigenvalue weighted by Crippen LogP contribution is 2.34. The summed E-state index contributed by atoms with van der Waals surface area (Å²) in [6, 6.07) is 16.2. The molecule has 80 heavy (non-hydrogen) atoms. The van der Waals surface area contributed by atoms with Gasteiger partial charge in [0.15, 0.2) is 17.5 Å². The molecule has 4 aromatic carbocycles.